The standard InChI is InChI=1S/C14H17NO2/c1-16-10-13-4-2-12(3-5-13)8-15-9-14-6-7-17-11-14/h2-7,11,15H,8-10H2,1H3. The van der Waals surface area contributed by atoms with Crippen molar-refractivity contribution in [1.29, 1.82) is 0 Å². The lowest BCUT2D eigenvalue weighted by Gasteiger charge is -2.05. The Morgan fingerprint density at radius 2 is 1.71 bits per heavy atom. The second-order valence-corrected chi connectivity index (χ2v) is 3.98. The lowest BCUT2D eigenvalue weighted by molar-refractivity contribution is 0.185. The van der Waals surface area contributed by atoms with Crippen LogP contribution in [0.4, 0.5) is 0 Å². The van der Waals surface area contributed by atoms with Crippen LogP contribution >= 0.6 is 0 Å². The average molecular weight is 231 g/mol. The predicted octanol–water partition coefficient (Wildman–Crippen LogP) is 2.72. The van der Waals surface area contributed by atoms with E-state index < -0.39 is 0 Å². The van der Waals surface area contributed by atoms with Crippen LogP contribution in [0.3, 0.4) is 0 Å². The summed E-state index contributed by atoms with van der Waals surface area (Å²) in [5, 5.41) is 3.36. The SMILES string of the molecule is COCc1ccc(CNCc2ccoc2)cc1. The summed E-state index contributed by atoms with van der Waals surface area (Å²) in [5.74, 6) is 0. The first-order chi connectivity index (χ1) is 8.38. The summed E-state index contributed by atoms with van der Waals surface area (Å²) in [5.41, 5.74) is 3.64. The molecule has 1 heterocycles. The molecule has 0 saturated carbocycles. The molecule has 0 atom stereocenters. The first kappa shape index (κ1) is 11.9. The van der Waals surface area contributed by atoms with Crippen LogP contribution in [-0.2, 0) is 24.4 Å². The van der Waals surface area contributed by atoms with Crippen molar-refractivity contribution < 1.29 is 9.15 Å². The van der Waals surface area contributed by atoms with E-state index in [1.807, 2.05) is 6.07 Å². The Kier molecular flexibility index (Phi) is 4.36. The number of hydrogen-bond donors (Lipinski definition) is 1. The van der Waals surface area contributed by atoms with Gasteiger partial charge in [0.05, 0.1) is 19.1 Å². The van der Waals surface area contributed by atoms with Crippen LogP contribution in [0.25, 0.3) is 0 Å². The van der Waals surface area contributed by atoms with Gasteiger partial charge < -0.3 is 14.5 Å². The van der Waals surface area contributed by atoms with Gasteiger partial charge in [-0.15, -0.1) is 0 Å². The molecule has 0 aliphatic heterocycles. The zero-order valence-corrected chi connectivity index (χ0v) is 9.98. The monoisotopic (exact) mass is 231 g/mol. The third-order valence-electron chi connectivity index (χ3n) is 2.57. The Morgan fingerprint density at radius 1 is 1.00 bits per heavy atom. The van der Waals surface area contributed by atoms with Crippen molar-refractivity contribution in [3.63, 3.8) is 0 Å². The molecule has 2 rings (SSSR count). The maximum atomic E-state index is 5.07. The van der Waals surface area contributed by atoms with Gasteiger partial charge >= 0.3 is 0 Å². The van der Waals surface area contributed by atoms with Gasteiger partial charge in [0.15, 0.2) is 0 Å². The maximum Gasteiger partial charge on any atom is 0.0947 e. The molecule has 0 aliphatic rings. The molecule has 3 nitrogen and oxygen atoms in total. The van der Waals surface area contributed by atoms with Crippen molar-refractivity contribution >= 4 is 0 Å². The zero-order chi connectivity index (χ0) is 11.9. The lowest BCUT2D eigenvalue weighted by Crippen LogP contribution is -2.12. The molecule has 17 heavy (non-hydrogen) atoms. The van der Waals surface area contributed by atoms with Crippen LogP contribution in [0, 0.1) is 0 Å². The van der Waals surface area contributed by atoms with Crippen LogP contribution < -0.4 is 5.32 Å². The number of hydrogen-bond acceptors (Lipinski definition) is 3. The van der Waals surface area contributed by atoms with Crippen LogP contribution in [0.1, 0.15) is 16.7 Å². The number of benzene rings is 1. The minimum absolute atomic E-state index is 0.669. The third kappa shape index (κ3) is 3.73. The molecule has 0 bridgehead atoms. The van der Waals surface area contributed by atoms with Crippen molar-refractivity contribution in [3.05, 3.63) is 59.5 Å². The van der Waals surface area contributed by atoms with Gasteiger partial charge in [0.25, 0.3) is 0 Å². The van der Waals surface area contributed by atoms with Crippen LogP contribution in [0.5, 0.6) is 0 Å². The van der Waals surface area contributed by atoms with Gasteiger partial charge in [-0.2, -0.15) is 0 Å². The largest absolute Gasteiger partial charge is 0.472 e. The summed E-state index contributed by atoms with van der Waals surface area (Å²) in [6, 6.07) is 10.4. The molecule has 3 heteroatoms. The Labute approximate surface area is 101 Å². The van der Waals surface area contributed by atoms with E-state index in [-0.39, 0.29) is 0 Å². The molecule has 1 aromatic carbocycles. The molecule has 0 radical (unpaired) electrons. The maximum absolute atomic E-state index is 5.07. The van der Waals surface area contributed by atoms with Gasteiger partial charge in [0, 0.05) is 25.8 Å². The molecule has 90 valence electrons. The highest BCUT2D eigenvalue weighted by molar-refractivity contribution is 5.22. The number of methoxy groups -OCH3 is 1. The Balaban J connectivity index is 1.79. The molecule has 0 unspecified atom stereocenters. The van der Waals surface area contributed by atoms with Crippen molar-refractivity contribution in [2.75, 3.05) is 7.11 Å². The molecule has 0 spiro atoms. The minimum Gasteiger partial charge on any atom is -0.472 e. The molecule has 0 amide bonds. The molecule has 1 N–H and O–H groups in total. The Morgan fingerprint density at radius 3 is 2.35 bits per heavy atom. The molecular weight excluding hydrogens is 214 g/mol. The van der Waals surface area contributed by atoms with E-state index in [2.05, 4.69) is 29.6 Å². The smallest absolute Gasteiger partial charge is 0.0947 e. The Hall–Kier alpha value is -1.58. The van der Waals surface area contributed by atoms with E-state index in [4.69, 9.17) is 9.15 Å². The first-order valence-electron chi connectivity index (χ1n) is 5.67. The zero-order valence-electron chi connectivity index (χ0n) is 9.98. The quantitative estimate of drug-likeness (QED) is 0.830. The highest BCUT2D eigenvalue weighted by Crippen LogP contribution is 2.06. The molecule has 0 aliphatic carbocycles. The van der Waals surface area contributed by atoms with E-state index in [1.54, 1.807) is 19.6 Å². The molecule has 2 aromatic rings. The van der Waals surface area contributed by atoms with Crippen molar-refractivity contribution in [3.8, 4) is 0 Å². The summed E-state index contributed by atoms with van der Waals surface area (Å²) in [4.78, 5) is 0. The van der Waals surface area contributed by atoms with E-state index in [1.165, 1.54) is 16.7 Å². The summed E-state index contributed by atoms with van der Waals surface area (Å²) in [6.45, 7) is 2.36. The van der Waals surface area contributed by atoms with Gasteiger partial charge in [0.1, 0.15) is 0 Å². The van der Waals surface area contributed by atoms with Gasteiger partial charge in [-0.25, -0.2) is 0 Å². The fourth-order valence-corrected chi connectivity index (χ4v) is 1.66. The minimum atomic E-state index is 0.669. The van der Waals surface area contributed by atoms with Crippen molar-refractivity contribution in [2.45, 2.75) is 19.7 Å². The third-order valence-corrected chi connectivity index (χ3v) is 2.57. The highest BCUT2D eigenvalue weighted by Gasteiger charge is 1.96. The number of ether oxygens (including phenoxy) is 1. The average Bonchev–Trinajstić information content (AvgIpc) is 2.85. The molecule has 0 saturated heterocycles. The fraction of sp³-hybridized carbons (Fsp3) is 0.286. The second kappa shape index (κ2) is 6.23. The van der Waals surface area contributed by atoms with Gasteiger partial charge in [0.2, 0.25) is 0 Å². The molecule has 0 fully saturated rings. The van der Waals surface area contributed by atoms with E-state index in [0.29, 0.717) is 6.61 Å². The van der Waals surface area contributed by atoms with E-state index >= 15 is 0 Å². The van der Waals surface area contributed by atoms with E-state index in [9.17, 15) is 0 Å². The molecular formula is C14H17NO2. The topological polar surface area (TPSA) is 34.4 Å². The van der Waals surface area contributed by atoms with Crippen LogP contribution in [0.15, 0.2) is 47.3 Å². The second-order valence-electron chi connectivity index (χ2n) is 3.98. The van der Waals surface area contributed by atoms with Gasteiger partial charge in [-0.1, -0.05) is 24.3 Å². The number of rotatable bonds is 6. The van der Waals surface area contributed by atoms with Crippen LogP contribution in [-0.4, -0.2) is 7.11 Å². The van der Waals surface area contributed by atoms with Gasteiger partial charge in [-0.3, -0.25) is 0 Å². The normalized spacial score (nSPS) is 10.6. The summed E-state index contributed by atoms with van der Waals surface area (Å²) < 4.78 is 10.1. The first-order valence-corrected chi connectivity index (χ1v) is 5.67. The number of furan rings is 1. The number of nitrogens with one attached hydrogen (secondary N) is 1. The molecule has 1 aromatic heterocycles. The van der Waals surface area contributed by atoms with Crippen molar-refractivity contribution in [1.82, 2.24) is 5.32 Å². The highest BCUT2D eigenvalue weighted by atomic mass is 16.5. The Bertz CT molecular complexity index is 420. The van der Waals surface area contributed by atoms with E-state index in [0.717, 1.165) is 13.1 Å². The van der Waals surface area contributed by atoms with Crippen LogP contribution in [0.2, 0.25) is 0 Å². The predicted molar refractivity (Wildman–Crippen MR) is 66.4 cm³/mol. The fourth-order valence-electron chi connectivity index (χ4n) is 1.66. The van der Waals surface area contributed by atoms with Gasteiger partial charge in [-0.05, 0) is 17.2 Å². The summed E-state index contributed by atoms with van der Waals surface area (Å²) in [7, 11) is 1.71. The lowest BCUT2D eigenvalue weighted by atomic mass is 10.1. The summed E-state index contributed by atoms with van der Waals surface area (Å²) in [6.07, 6.45) is 3.45. The van der Waals surface area contributed by atoms with Crippen molar-refractivity contribution in [2.24, 2.45) is 0 Å². The summed E-state index contributed by atoms with van der Waals surface area (Å²) >= 11 is 0.